The summed E-state index contributed by atoms with van der Waals surface area (Å²) in [6.45, 7) is 12.7. The second kappa shape index (κ2) is 8.04. The monoisotopic (exact) mass is 354 g/mol. The van der Waals surface area contributed by atoms with Crippen molar-refractivity contribution < 1.29 is 4.79 Å². The van der Waals surface area contributed by atoms with E-state index >= 15 is 0 Å². The fourth-order valence-corrected chi connectivity index (χ4v) is 3.81. The summed E-state index contributed by atoms with van der Waals surface area (Å²) in [6.07, 6.45) is 2.46. The first kappa shape index (κ1) is 18.6. The molecule has 1 aliphatic heterocycles. The molecule has 1 aromatic heterocycles. The van der Waals surface area contributed by atoms with Crippen LogP contribution in [0.1, 0.15) is 41.8 Å². The first-order chi connectivity index (χ1) is 12.4. The Hall–Kier alpha value is -2.14. The van der Waals surface area contributed by atoms with Crippen LogP contribution in [0.25, 0.3) is 0 Å². The van der Waals surface area contributed by atoms with Crippen LogP contribution in [0.5, 0.6) is 0 Å². The lowest BCUT2D eigenvalue weighted by Crippen LogP contribution is -2.49. The number of carbonyl (C=O) groups is 1. The van der Waals surface area contributed by atoms with Crippen molar-refractivity contribution in [2.75, 3.05) is 26.2 Å². The zero-order chi connectivity index (χ0) is 18.7. The van der Waals surface area contributed by atoms with Crippen molar-refractivity contribution in [3.8, 4) is 0 Å². The number of amides is 1. The van der Waals surface area contributed by atoms with Crippen LogP contribution in [0.3, 0.4) is 0 Å². The quantitative estimate of drug-likeness (QED) is 0.828. The number of benzene rings is 1. The van der Waals surface area contributed by atoms with Crippen LogP contribution in [0.4, 0.5) is 0 Å². The van der Waals surface area contributed by atoms with Crippen LogP contribution in [0, 0.1) is 20.8 Å². The minimum Gasteiger partial charge on any atom is -0.340 e. The molecule has 140 valence electrons. The van der Waals surface area contributed by atoms with Crippen molar-refractivity contribution >= 4 is 5.91 Å². The number of piperazine rings is 1. The van der Waals surface area contributed by atoms with Gasteiger partial charge in [-0.25, -0.2) is 0 Å². The lowest BCUT2D eigenvalue weighted by atomic mass is 9.98. The summed E-state index contributed by atoms with van der Waals surface area (Å²) in [5.41, 5.74) is 5.04. The van der Waals surface area contributed by atoms with Gasteiger partial charge in [-0.05, 0) is 44.9 Å². The Kier molecular flexibility index (Phi) is 5.77. The van der Waals surface area contributed by atoms with Crippen LogP contribution in [0.15, 0.2) is 30.5 Å². The summed E-state index contributed by atoms with van der Waals surface area (Å²) in [4.78, 5) is 17.0. The first-order valence-corrected chi connectivity index (χ1v) is 9.53. The smallest absolute Gasteiger partial charge is 0.224 e. The Labute approximate surface area is 156 Å². The van der Waals surface area contributed by atoms with Gasteiger partial charge in [0.2, 0.25) is 5.91 Å². The van der Waals surface area contributed by atoms with Crippen LogP contribution in [-0.4, -0.2) is 51.7 Å². The van der Waals surface area contributed by atoms with Gasteiger partial charge >= 0.3 is 0 Å². The molecule has 3 rings (SSSR count). The van der Waals surface area contributed by atoms with E-state index in [-0.39, 0.29) is 5.91 Å². The van der Waals surface area contributed by atoms with E-state index < -0.39 is 0 Å². The van der Waals surface area contributed by atoms with Crippen molar-refractivity contribution in [3.63, 3.8) is 0 Å². The van der Waals surface area contributed by atoms with Gasteiger partial charge in [-0.1, -0.05) is 23.8 Å². The normalized spacial score (nSPS) is 16.7. The SMILES string of the molecule is Cc1ccc(C(C)N2CCN(C(=O)CCn3ccc(C)n3)CC2)c(C)c1. The zero-order valence-corrected chi connectivity index (χ0v) is 16.4. The van der Waals surface area contributed by atoms with Gasteiger partial charge in [0.15, 0.2) is 0 Å². The molecular formula is C21H30N4O. The number of nitrogens with zero attached hydrogens (tertiary/aromatic N) is 4. The Morgan fingerprint density at radius 1 is 1.12 bits per heavy atom. The minimum atomic E-state index is 0.233. The van der Waals surface area contributed by atoms with Crippen molar-refractivity contribution in [2.45, 2.75) is 46.7 Å². The maximum Gasteiger partial charge on any atom is 0.224 e. The van der Waals surface area contributed by atoms with Gasteiger partial charge in [0.1, 0.15) is 0 Å². The van der Waals surface area contributed by atoms with Gasteiger partial charge in [0.05, 0.1) is 5.69 Å². The molecule has 0 saturated carbocycles. The lowest BCUT2D eigenvalue weighted by Gasteiger charge is -2.38. The molecule has 2 aromatic rings. The molecule has 1 atom stereocenters. The third kappa shape index (κ3) is 4.33. The topological polar surface area (TPSA) is 41.4 Å². The van der Waals surface area contributed by atoms with Crippen molar-refractivity contribution in [1.29, 1.82) is 0 Å². The zero-order valence-electron chi connectivity index (χ0n) is 16.4. The number of aromatic nitrogens is 2. The van der Waals surface area contributed by atoms with Crippen molar-refractivity contribution in [1.82, 2.24) is 19.6 Å². The van der Waals surface area contributed by atoms with E-state index in [1.54, 1.807) is 0 Å². The molecule has 0 aliphatic carbocycles. The van der Waals surface area contributed by atoms with E-state index in [9.17, 15) is 4.79 Å². The van der Waals surface area contributed by atoms with Crippen molar-refractivity contribution in [3.05, 3.63) is 52.8 Å². The Balaban J connectivity index is 1.50. The van der Waals surface area contributed by atoms with Gasteiger partial charge in [0, 0.05) is 51.4 Å². The molecule has 5 heteroatoms. The number of rotatable bonds is 5. The van der Waals surface area contributed by atoms with Gasteiger partial charge in [0.25, 0.3) is 0 Å². The molecule has 1 fully saturated rings. The third-order valence-electron chi connectivity index (χ3n) is 5.42. The molecule has 0 spiro atoms. The minimum absolute atomic E-state index is 0.233. The fourth-order valence-electron chi connectivity index (χ4n) is 3.81. The largest absolute Gasteiger partial charge is 0.340 e. The molecule has 5 nitrogen and oxygen atoms in total. The summed E-state index contributed by atoms with van der Waals surface area (Å²) in [5.74, 6) is 0.233. The summed E-state index contributed by atoms with van der Waals surface area (Å²) in [6, 6.07) is 9.05. The maximum absolute atomic E-state index is 12.5. The van der Waals surface area contributed by atoms with Gasteiger partial charge in [-0.3, -0.25) is 14.4 Å². The lowest BCUT2D eigenvalue weighted by molar-refractivity contribution is -0.133. The molecule has 1 amide bonds. The predicted octanol–water partition coefficient (Wildman–Crippen LogP) is 3.10. The second-order valence-electron chi connectivity index (χ2n) is 7.42. The molecule has 0 bridgehead atoms. The van der Waals surface area contributed by atoms with Crippen LogP contribution in [-0.2, 0) is 11.3 Å². The number of hydrogen-bond donors (Lipinski definition) is 0. The number of carbonyl (C=O) groups excluding carboxylic acids is 1. The maximum atomic E-state index is 12.5. The Morgan fingerprint density at radius 3 is 2.46 bits per heavy atom. The highest BCUT2D eigenvalue weighted by Gasteiger charge is 2.25. The summed E-state index contributed by atoms with van der Waals surface area (Å²) < 4.78 is 1.85. The highest BCUT2D eigenvalue weighted by Crippen LogP contribution is 2.25. The molecule has 1 unspecified atom stereocenters. The second-order valence-corrected chi connectivity index (χ2v) is 7.42. The van der Waals surface area contributed by atoms with E-state index in [1.807, 2.05) is 28.8 Å². The van der Waals surface area contributed by atoms with E-state index in [1.165, 1.54) is 16.7 Å². The first-order valence-electron chi connectivity index (χ1n) is 9.53. The van der Waals surface area contributed by atoms with E-state index in [2.05, 4.69) is 49.0 Å². The third-order valence-corrected chi connectivity index (χ3v) is 5.42. The number of hydrogen-bond acceptors (Lipinski definition) is 3. The summed E-state index contributed by atoms with van der Waals surface area (Å²) in [5, 5.41) is 4.35. The fraction of sp³-hybridized carbons (Fsp3) is 0.524. The average Bonchev–Trinajstić information content (AvgIpc) is 3.04. The van der Waals surface area contributed by atoms with Gasteiger partial charge in [-0.2, -0.15) is 5.10 Å². The molecule has 0 radical (unpaired) electrons. The molecule has 2 heterocycles. The standard InChI is InChI=1S/C21H30N4O/c1-16-5-6-20(17(2)15-16)19(4)23-11-13-24(14-12-23)21(26)8-10-25-9-7-18(3)22-25/h5-7,9,15,19H,8,10-14H2,1-4H3. The van der Waals surface area contributed by atoms with E-state index in [0.29, 0.717) is 19.0 Å². The van der Waals surface area contributed by atoms with Gasteiger partial charge < -0.3 is 4.90 Å². The van der Waals surface area contributed by atoms with Crippen molar-refractivity contribution in [2.24, 2.45) is 0 Å². The Morgan fingerprint density at radius 2 is 1.85 bits per heavy atom. The summed E-state index contributed by atoms with van der Waals surface area (Å²) >= 11 is 0. The molecule has 1 aromatic carbocycles. The summed E-state index contributed by atoms with van der Waals surface area (Å²) in [7, 11) is 0. The molecule has 1 aliphatic rings. The predicted molar refractivity (Wildman–Crippen MR) is 104 cm³/mol. The van der Waals surface area contributed by atoms with Crippen LogP contribution in [0.2, 0.25) is 0 Å². The molecule has 0 N–H and O–H groups in total. The van der Waals surface area contributed by atoms with Crippen LogP contribution < -0.4 is 0 Å². The molecule has 26 heavy (non-hydrogen) atoms. The van der Waals surface area contributed by atoms with Gasteiger partial charge in [-0.15, -0.1) is 0 Å². The molecular weight excluding hydrogens is 324 g/mol. The average molecular weight is 354 g/mol. The highest BCUT2D eigenvalue weighted by atomic mass is 16.2. The van der Waals surface area contributed by atoms with E-state index in [0.717, 1.165) is 31.9 Å². The molecule has 1 saturated heterocycles. The Bertz CT molecular complexity index is 759. The van der Waals surface area contributed by atoms with E-state index in [4.69, 9.17) is 0 Å². The number of aryl methyl sites for hydroxylation is 4. The van der Waals surface area contributed by atoms with Crippen LogP contribution >= 0.6 is 0 Å². The highest BCUT2D eigenvalue weighted by molar-refractivity contribution is 5.76.